The second kappa shape index (κ2) is 9.69. The number of hydrogen-bond donors (Lipinski definition) is 1. The van der Waals surface area contributed by atoms with Crippen molar-refractivity contribution < 1.29 is 13.2 Å². The van der Waals surface area contributed by atoms with Gasteiger partial charge < -0.3 is 5.32 Å². The zero-order chi connectivity index (χ0) is 21.9. The molecule has 0 unspecified atom stereocenters. The number of carbonyl (C=O) groups is 1. The zero-order valence-corrected chi connectivity index (χ0v) is 19.4. The van der Waals surface area contributed by atoms with Crippen molar-refractivity contribution in [1.82, 2.24) is 9.62 Å². The van der Waals surface area contributed by atoms with Gasteiger partial charge in [0.1, 0.15) is 0 Å². The van der Waals surface area contributed by atoms with Gasteiger partial charge >= 0.3 is 0 Å². The van der Waals surface area contributed by atoms with E-state index in [1.807, 2.05) is 38.1 Å². The number of piperidine rings is 1. The molecular weight excluding hydrogens is 443 g/mol. The second-order valence-corrected chi connectivity index (χ2v) is 10.6. The van der Waals surface area contributed by atoms with Crippen molar-refractivity contribution in [2.24, 2.45) is 5.92 Å². The van der Waals surface area contributed by atoms with Gasteiger partial charge in [0, 0.05) is 29.1 Å². The Balaban J connectivity index is 1.55. The first-order valence-electron chi connectivity index (χ1n) is 9.94. The monoisotopic (exact) mass is 468 g/mol. The first-order chi connectivity index (χ1) is 14.2. The van der Waals surface area contributed by atoms with E-state index in [1.54, 1.807) is 18.2 Å². The highest BCUT2D eigenvalue weighted by atomic mass is 35.5. The zero-order valence-electron chi connectivity index (χ0n) is 17.1. The van der Waals surface area contributed by atoms with E-state index in [9.17, 15) is 13.2 Å². The van der Waals surface area contributed by atoms with Crippen molar-refractivity contribution >= 4 is 39.1 Å². The number of nitrogens with zero attached hydrogens (tertiary/aromatic N) is 1. The van der Waals surface area contributed by atoms with Crippen LogP contribution in [0.4, 0.5) is 0 Å². The number of halogens is 2. The molecule has 162 valence electrons. The van der Waals surface area contributed by atoms with Crippen LogP contribution in [-0.4, -0.2) is 31.7 Å². The predicted molar refractivity (Wildman–Crippen MR) is 121 cm³/mol. The molecule has 0 spiro atoms. The molecule has 5 nitrogen and oxygen atoms in total. The van der Waals surface area contributed by atoms with E-state index in [-0.39, 0.29) is 23.6 Å². The summed E-state index contributed by atoms with van der Waals surface area (Å²) >= 11 is 12.0. The molecule has 8 heteroatoms. The molecule has 2 aromatic carbocycles. The van der Waals surface area contributed by atoms with Crippen LogP contribution in [0.1, 0.15) is 42.5 Å². The summed E-state index contributed by atoms with van der Waals surface area (Å²) in [7, 11) is -3.52. The van der Waals surface area contributed by atoms with Crippen LogP contribution in [0, 0.1) is 12.8 Å². The van der Waals surface area contributed by atoms with Gasteiger partial charge in [-0.2, -0.15) is 0 Å². The van der Waals surface area contributed by atoms with Gasteiger partial charge in [0.25, 0.3) is 0 Å². The Labute approximate surface area is 188 Å². The number of hydrogen-bond acceptors (Lipinski definition) is 3. The standard InChI is InChI=1S/C22H26Cl2N2O3S/c1-15-3-5-17(6-4-15)16(2)25-22(27)18-9-11-26(12-10-18)30(28,29)14-19-7-8-20(23)13-21(19)24/h3-8,13,16,18H,9-12,14H2,1-2H3,(H,25,27)/t16-/m0/s1. The largest absolute Gasteiger partial charge is 0.349 e. The summed E-state index contributed by atoms with van der Waals surface area (Å²) in [5.74, 6) is -0.394. The van der Waals surface area contributed by atoms with E-state index in [0.29, 0.717) is 41.5 Å². The summed E-state index contributed by atoms with van der Waals surface area (Å²) in [5.41, 5.74) is 2.74. The summed E-state index contributed by atoms with van der Waals surface area (Å²) in [6.07, 6.45) is 1.00. The summed E-state index contributed by atoms with van der Waals surface area (Å²) in [5, 5.41) is 3.86. The van der Waals surface area contributed by atoms with Crippen LogP contribution in [0.2, 0.25) is 10.0 Å². The molecule has 1 heterocycles. The minimum absolute atomic E-state index is 0.0270. The van der Waals surface area contributed by atoms with Crippen LogP contribution < -0.4 is 5.32 Å². The number of benzene rings is 2. The molecule has 0 aromatic heterocycles. The smallest absolute Gasteiger partial charge is 0.223 e. The van der Waals surface area contributed by atoms with Crippen LogP contribution >= 0.6 is 23.2 Å². The first-order valence-corrected chi connectivity index (χ1v) is 12.3. The molecule has 30 heavy (non-hydrogen) atoms. The summed E-state index contributed by atoms with van der Waals surface area (Å²) in [4.78, 5) is 12.7. The third-order valence-electron chi connectivity index (χ3n) is 5.51. The van der Waals surface area contributed by atoms with Crippen molar-refractivity contribution in [3.8, 4) is 0 Å². The Bertz CT molecular complexity index is 1000. The summed E-state index contributed by atoms with van der Waals surface area (Å²) in [6.45, 7) is 4.63. The van der Waals surface area contributed by atoms with Crippen molar-refractivity contribution in [3.63, 3.8) is 0 Å². The van der Waals surface area contributed by atoms with Crippen molar-refractivity contribution in [3.05, 3.63) is 69.2 Å². The molecule has 2 aromatic rings. The van der Waals surface area contributed by atoms with Crippen LogP contribution in [0.15, 0.2) is 42.5 Å². The van der Waals surface area contributed by atoms with Crippen LogP contribution in [0.5, 0.6) is 0 Å². The Hall–Kier alpha value is -1.60. The molecule has 1 saturated heterocycles. The van der Waals surface area contributed by atoms with Gasteiger partial charge in [-0.25, -0.2) is 12.7 Å². The number of carbonyl (C=O) groups excluding carboxylic acids is 1. The molecule has 0 bridgehead atoms. The first kappa shape index (κ1) is 23.1. The van der Waals surface area contributed by atoms with Gasteiger partial charge in [0.05, 0.1) is 11.8 Å². The number of amides is 1. The summed E-state index contributed by atoms with van der Waals surface area (Å²) < 4.78 is 27.0. The van der Waals surface area contributed by atoms with Gasteiger partial charge in [-0.15, -0.1) is 0 Å². The van der Waals surface area contributed by atoms with Crippen LogP contribution in [0.3, 0.4) is 0 Å². The predicted octanol–water partition coefficient (Wildman–Crippen LogP) is 4.72. The SMILES string of the molecule is Cc1ccc([C@H](C)NC(=O)C2CCN(S(=O)(=O)Cc3ccc(Cl)cc3Cl)CC2)cc1. The third kappa shape index (κ3) is 5.76. The molecule has 1 atom stereocenters. The second-order valence-electron chi connectivity index (χ2n) is 7.81. The fourth-order valence-electron chi connectivity index (χ4n) is 3.59. The van der Waals surface area contributed by atoms with E-state index < -0.39 is 10.0 Å². The number of nitrogens with one attached hydrogen (secondary N) is 1. The molecule has 3 rings (SSSR count). The minimum atomic E-state index is -3.52. The maximum absolute atomic E-state index is 12.8. The van der Waals surface area contributed by atoms with E-state index >= 15 is 0 Å². The molecule has 0 aliphatic carbocycles. The van der Waals surface area contributed by atoms with Crippen molar-refractivity contribution in [2.75, 3.05) is 13.1 Å². The summed E-state index contributed by atoms with van der Waals surface area (Å²) in [6, 6.07) is 12.8. The lowest BCUT2D eigenvalue weighted by Crippen LogP contribution is -2.43. The van der Waals surface area contributed by atoms with Gasteiger partial charge in [-0.05, 0) is 49.9 Å². The average Bonchev–Trinajstić information content (AvgIpc) is 2.70. The molecular formula is C22H26Cl2N2O3S. The lowest BCUT2D eigenvalue weighted by atomic mass is 9.96. The Kier molecular flexibility index (Phi) is 7.45. The maximum Gasteiger partial charge on any atom is 0.223 e. The molecule has 1 aliphatic heterocycles. The highest BCUT2D eigenvalue weighted by Gasteiger charge is 2.32. The maximum atomic E-state index is 12.8. The molecule has 1 N–H and O–H groups in total. The lowest BCUT2D eigenvalue weighted by molar-refractivity contribution is -0.126. The molecule has 0 radical (unpaired) electrons. The lowest BCUT2D eigenvalue weighted by Gasteiger charge is -2.31. The third-order valence-corrected chi connectivity index (χ3v) is 7.92. The van der Waals surface area contributed by atoms with Gasteiger partial charge in [-0.3, -0.25) is 4.79 Å². The van der Waals surface area contributed by atoms with Gasteiger partial charge in [-0.1, -0.05) is 59.1 Å². The molecule has 1 amide bonds. The quantitative estimate of drug-likeness (QED) is 0.666. The van der Waals surface area contributed by atoms with E-state index in [1.165, 1.54) is 9.87 Å². The number of aryl methyl sites for hydroxylation is 1. The fourth-order valence-corrected chi connectivity index (χ4v) is 5.74. The van der Waals surface area contributed by atoms with Crippen LogP contribution in [0.25, 0.3) is 0 Å². The van der Waals surface area contributed by atoms with Gasteiger partial charge in [0.2, 0.25) is 15.9 Å². The van der Waals surface area contributed by atoms with Gasteiger partial charge in [0.15, 0.2) is 0 Å². The van der Waals surface area contributed by atoms with Crippen molar-refractivity contribution in [2.45, 2.75) is 38.5 Å². The molecule has 1 aliphatic rings. The molecule has 1 fully saturated rings. The Morgan fingerprint density at radius 3 is 2.37 bits per heavy atom. The van der Waals surface area contributed by atoms with E-state index in [2.05, 4.69) is 5.32 Å². The topological polar surface area (TPSA) is 66.5 Å². The number of sulfonamides is 1. The normalized spacial score (nSPS) is 16.9. The highest BCUT2D eigenvalue weighted by molar-refractivity contribution is 7.88. The van der Waals surface area contributed by atoms with Crippen molar-refractivity contribution in [1.29, 1.82) is 0 Å². The molecule has 0 saturated carbocycles. The van der Waals surface area contributed by atoms with E-state index in [4.69, 9.17) is 23.2 Å². The highest BCUT2D eigenvalue weighted by Crippen LogP contribution is 2.26. The van der Waals surface area contributed by atoms with Crippen LogP contribution in [-0.2, 0) is 20.6 Å². The Morgan fingerprint density at radius 1 is 1.13 bits per heavy atom. The average molecular weight is 469 g/mol. The Morgan fingerprint density at radius 2 is 1.77 bits per heavy atom. The number of rotatable bonds is 6. The van der Waals surface area contributed by atoms with E-state index in [0.717, 1.165) is 5.56 Å². The minimum Gasteiger partial charge on any atom is -0.349 e. The fraction of sp³-hybridized carbons (Fsp3) is 0.409.